The summed E-state index contributed by atoms with van der Waals surface area (Å²) < 4.78 is 43.1. The van der Waals surface area contributed by atoms with E-state index < -0.39 is 30.1 Å². The molecule has 0 saturated heterocycles. The number of carbonyl (C=O) groups is 2. The molecule has 0 aliphatic rings. The number of alkyl halides is 3. The lowest BCUT2D eigenvalue weighted by Gasteiger charge is -2.25. The maximum atomic E-state index is 12.6. The van der Waals surface area contributed by atoms with E-state index in [1.165, 1.54) is 24.3 Å². The minimum atomic E-state index is -4.94. The van der Waals surface area contributed by atoms with Crippen LogP contribution in [0.15, 0.2) is 24.3 Å². The zero-order valence-electron chi connectivity index (χ0n) is 12.1. The summed E-state index contributed by atoms with van der Waals surface area (Å²) in [7, 11) is 0. The van der Waals surface area contributed by atoms with Crippen molar-refractivity contribution in [3.8, 4) is 5.75 Å². The Kier molecular flexibility index (Phi) is 6.34. The van der Waals surface area contributed by atoms with Crippen LogP contribution in [0.3, 0.4) is 0 Å². The number of hydrogen-bond donors (Lipinski definition) is 4. The van der Waals surface area contributed by atoms with E-state index >= 15 is 0 Å². The molecule has 0 saturated carbocycles. The topological polar surface area (TPSA) is 114 Å². The Morgan fingerprint density at radius 1 is 1.30 bits per heavy atom. The van der Waals surface area contributed by atoms with E-state index in [4.69, 9.17) is 15.7 Å². The first kappa shape index (κ1) is 18.7. The van der Waals surface area contributed by atoms with E-state index in [9.17, 15) is 22.8 Å². The molecule has 0 heterocycles. The maximum Gasteiger partial charge on any atom is 0.406 e. The second-order valence-electron chi connectivity index (χ2n) is 4.45. The highest BCUT2D eigenvalue weighted by Crippen LogP contribution is 2.21. The van der Waals surface area contributed by atoms with E-state index in [1.54, 1.807) is 6.92 Å². The number of amides is 2. The van der Waals surface area contributed by atoms with Gasteiger partial charge < -0.3 is 15.8 Å². The van der Waals surface area contributed by atoms with Gasteiger partial charge in [-0.1, -0.05) is 0 Å². The fraction of sp³-hybridized carbons (Fsp3) is 0.385. The van der Waals surface area contributed by atoms with E-state index in [-0.39, 0.29) is 5.56 Å². The lowest BCUT2D eigenvalue weighted by atomic mass is 10.1. The summed E-state index contributed by atoms with van der Waals surface area (Å²) in [4.78, 5) is 23.3. The smallest absolute Gasteiger partial charge is 0.406 e. The molecule has 0 aliphatic carbocycles. The van der Waals surface area contributed by atoms with Crippen molar-refractivity contribution < 1.29 is 32.7 Å². The fourth-order valence-electron chi connectivity index (χ4n) is 1.67. The highest BCUT2D eigenvalue weighted by molar-refractivity contribution is 5.97. The van der Waals surface area contributed by atoms with Crippen molar-refractivity contribution in [3.05, 3.63) is 29.8 Å². The molecule has 1 aromatic rings. The quantitative estimate of drug-likeness (QED) is 0.449. The van der Waals surface area contributed by atoms with Crippen LogP contribution in [0.5, 0.6) is 5.75 Å². The SMILES string of the molecule is CCOc1ccc(C(=O)N[C@H](C(=O)NO)[C@@H](N)C(F)(F)F)cc1. The van der Waals surface area contributed by atoms with Gasteiger partial charge in [-0.15, -0.1) is 0 Å². The minimum absolute atomic E-state index is 0.00133. The third-order valence-electron chi connectivity index (χ3n) is 2.84. The van der Waals surface area contributed by atoms with E-state index in [0.29, 0.717) is 12.4 Å². The molecule has 0 fully saturated rings. The first-order chi connectivity index (χ1) is 10.7. The molecule has 0 spiro atoms. The van der Waals surface area contributed by atoms with Crippen molar-refractivity contribution >= 4 is 11.8 Å². The third kappa shape index (κ3) is 5.11. The monoisotopic (exact) mass is 335 g/mol. The predicted molar refractivity (Wildman–Crippen MR) is 72.8 cm³/mol. The molecule has 1 rings (SSSR count). The average molecular weight is 335 g/mol. The van der Waals surface area contributed by atoms with Gasteiger partial charge in [-0.25, -0.2) is 5.48 Å². The number of hydroxylamine groups is 1. The average Bonchev–Trinajstić information content (AvgIpc) is 2.51. The van der Waals surface area contributed by atoms with E-state index in [0.717, 1.165) is 5.48 Å². The molecule has 0 aliphatic heterocycles. The van der Waals surface area contributed by atoms with Crippen LogP contribution in [0, 0.1) is 0 Å². The number of nitrogens with two attached hydrogens (primary N) is 1. The summed E-state index contributed by atoms with van der Waals surface area (Å²) in [5, 5.41) is 10.4. The fourth-order valence-corrected chi connectivity index (χ4v) is 1.67. The number of carbonyl (C=O) groups excluding carboxylic acids is 2. The standard InChI is InChI=1S/C13H16F3N3O4/c1-2-23-8-5-3-7(4-6-8)11(20)18-9(12(21)19-22)10(17)13(14,15)16/h3-6,9-10,22H,2,17H2,1H3,(H,18,20)(H,19,21)/t9-,10+/m0/s1. The molecule has 23 heavy (non-hydrogen) atoms. The lowest BCUT2D eigenvalue weighted by molar-refractivity contribution is -0.162. The molecule has 10 heteroatoms. The molecule has 0 radical (unpaired) electrons. The number of halogens is 3. The largest absolute Gasteiger partial charge is 0.494 e. The van der Waals surface area contributed by atoms with Crippen LogP contribution in [0.25, 0.3) is 0 Å². The van der Waals surface area contributed by atoms with Crippen molar-refractivity contribution in [2.24, 2.45) is 5.73 Å². The lowest BCUT2D eigenvalue weighted by Crippen LogP contribution is -2.61. The van der Waals surface area contributed by atoms with Crippen LogP contribution in [-0.4, -0.2) is 41.9 Å². The Bertz CT molecular complexity index is 548. The normalized spacial score (nSPS) is 13.8. The van der Waals surface area contributed by atoms with Crippen LogP contribution in [0.4, 0.5) is 13.2 Å². The number of benzene rings is 1. The van der Waals surface area contributed by atoms with Crippen molar-refractivity contribution in [1.29, 1.82) is 0 Å². The first-order valence-corrected chi connectivity index (χ1v) is 6.50. The Morgan fingerprint density at radius 3 is 2.30 bits per heavy atom. The Balaban J connectivity index is 2.90. The number of ether oxygens (including phenoxy) is 1. The summed E-state index contributed by atoms with van der Waals surface area (Å²) >= 11 is 0. The van der Waals surface area contributed by atoms with Crippen molar-refractivity contribution in [2.75, 3.05) is 6.61 Å². The number of nitrogens with one attached hydrogen (secondary N) is 2. The molecule has 2 amide bonds. The molecule has 0 bridgehead atoms. The van der Waals surface area contributed by atoms with Crippen molar-refractivity contribution in [1.82, 2.24) is 10.8 Å². The van der Waals surface area contributed by atoms with E-state index in [2.05, 4.69) is 0 Å². The second kappa shape index (κ2) is 7.79. The van der Waals surface area contributed by atoms with Crippen LogP contribution in [-0.2, 0) is 4.79 Å². The minimum Gasteiger partial charge on any atom is -0.494 e. The van der Waals surface area contributed by atoms with Gasteiger partial charge in [0.05, 0.1) is 6.61 Å². The first-order valence-electron chi connectivity index (χ1n) is 6.50. The van der Waals surface area contributed by atoms with Gasteiger partial charge in [0.1, 0.15) is 17.8 Å². The summed E-state index contributed by atoms with van der Waals surface area (Å²) in [6, 6.07) is 0.660. The highest BCUT2D eigenvalue weighted by atomic mass is 19.4. The summed E-state index contributed by atoms with van der Waals surface area (Å²) in [6.45, 7) is 2.17. The van der Waals surface area contributed by atoms with E-state index in [1.807, 2.05) is 5.32 Å². The molecular formula is C13H16F3N3O4. The predicted octanol–water partition coefficient (Wildman–Crippen LogP) is 0.579. The summed E-state index contributed by atoms with van der Waals surface area (Å²) in [6.07, 6.45) is -4.94. The Labute approximate surface area is 129 Å². The molecule has 2 atom stereocenters. The van der Waals surface area contributed by atoms with Gasteiger partial charge >= 0.3 is 6.18 Å². The van der Waals surface area contributed by atoms with Crippen LogP contribution >= 0.6 is 0 Å². The molecule has 0 aromatic heterocycles. The molecule has 7 nitrogen and oxygen atoms in total. The molecular weight excluding hydrogens is 319 g/mol. The van der Waals surface area contributed by atoms with Gasteiger partial charge in [0.2, 0.25) is 0 Å². The van der Waals surface area contributed by atoms with Gasteiger partial charge in [0.25, 0.3) is 11.8 Å². The van der Waals surface area contributed by atoms with Gasteiger partial charge in [-0.2, -0.15) is 13.2 Å². The van der Waals surface area contributed by atoms with Gasteiger partial charge in [0, 0.05) is 5.56 Å². The summed E-state index contributed by atoms with van der Waals surface area (Å²) in [5.41, 5.74) is 5.98. The van der Waals surface area contributed by atoms with Crippen molar-refractivity contribution in [2.45, 2.75) is 25.2 Å². The van der Waals surface area contributed by atoms with Crippen molar-refractivity contribution in [3.63, 3.8) is 0 Å². The highest BCUT2D eigenvalue weighted by Gasteiger charge is 2.45. The zero-order valence-corrected chi connectivity index (χ0v) is 12.1. The molecule has 128 valence electrons. The van der Waals surface area contributed by atoms with Gasteiger partial charge in [-0.05, 0) is 31.2 Å². The third-order valence-corrected chi connectivity index (χ3v) is 2.84. The maximum absolute atomic E-state index is 12.6. The summed E-state index contributed by atoms with van der Waals surface area (Å²) in [5.74, 6) is -1.96. The van der Waals surface area contributed by atoms with Gasteiger partial charge in [0.15, 0.2) is 0 Å². The molecule has 5 N–H and O–H groups in total. The molecule has 0 unspecified atom stereocenters. The van der Waals surface area contributed by atoms with Crippen LogP contribution < -0.4 is 21.3 Å². The molecule has 1 aromatic carbocycles. The number of rotatable bonds is 6. The zero-order chi connectivity index (χ0) is 17.6. The van der Waals surface area contributed by atoms with Gasteiger partial charge in [-0.3, -0.25) is 14.8 Å². The second-order valence-corrected chi connectivity index (χ2v) is 4.45. The Morgan fingerprint density at radius 2 is 1.87 bits per heavy atom. The van der Waals surface area contributed by atoms with Crippen LogP contribution in [0.1, 0.15) is 17.3 Å². The van der Waals surface area contributed by atoms with Crippen LogP contribution in [0.2, 0.25) is 0 Å². The Hall–Kier alpha value is -2.33. The number of hydrogen-bond acceptors (Lipinski definition) is 5.